The van der Waals surface area contributed by atoms with Gasteiger partial charge in [-0.1, -0.05) is 57.2 Å². The number of para-hydroxylation sites is 1. The molecule has 0 aliphatic carbocycles. The van der Waals surface area contributed by atoms with Gasteiger partial charge >= 0.3 is 5.69 Å². The van der Waals surface area contributed by atoms with Gasteiger partial charge in [-0.3, -0.25) is 4.79 Å². The first kappa shape index (κ1) is 28.1. The van der Waals surface area contributed by atoms with Crippen LogP contribution in [0, 0.1) is 0 Å². The molecule has 2 atom stereocenters. The number of benzene rings is 1. The summed E-state index contributed by atoms with van der Waals surface area (Å²) in [5.41, 5.74) is 3.24. The largest absolute Gasteiger partial charge is 0.355 e. The zero-order valence-electron chi connectivity index (χ0n) is 24.0. The van der Waals surface area contributed by atoms with E-state index in [0.717, 1.165) is 66.7 Å². The molecule has 2 fully saturated rings. The highest BCUT2D eigenvalue weighted by Gasteiger charge is 2.32. The number of fused-ring (bicyclic) bond motifs is 1. The number of hydrogen-bond acceptors (Lipinski definition) is 6. The van der Waals surface area contributed by atoms with Gasteiger partial charge < -0.3 is 14.7 Å². The molecule has 0 bridgehead atoms. The lowest BCUT2D eigenvalue weighted by atomic mass is 10.0. The van der Waals surface area contributed by atoms with E-state index in [2.05, 4.69) is 54.3 Å². The van der Waals surface area contributed by atoms with Gasteiger partial charge in [0.1, 0.15) is 11.6 Å². The summed E-state index contributed by atoms with van der Waals surface area (Å²) in [6.07, 6.45) is 6.10. The fraction of sp³-hybridized carbons (Fsp3) is 0.484. The molecule has 0 radical (unpaired) electrons. The number of halogens is 1. The fourth-order valence-electron chi connectivity index (χ4n) is 6.36. The van der Waals surface area contributed by atoms with Gasteiger partial charge in [-0.05, 0) is 62.3 Å². The van der Waals surface area contributed by atoms with Crippen LogP contribution < -0.4 is 15.5 Å². The SMILES string of the molecule is C=CC(=O)N1CCN(c2nc(=O)n(-c3c(CC)cccc3CC)c3nc(N4CCC[C@@H]4CC)c(Cl)cc23)[C@@H](C)C1. The normalized spacial score (nSPS) is 19.5. The van der Waals surface area contributed by atoms with Crippen molar-refractivity contribution in [2.75, 3.05) is 36.0 Å². The molecule has 1 aromatic carbocycles. The Kier molecular flexibility index (Phi) is 8.17. The molecule has 4 heterocycles. The Bertz CT molecular complexity index is 1480. The second-order valence-electron chi connectivity index (χ2n) is 10.8. The Morgan fingerprint density at radius 1 is 1.07 bits per heavy atom. The number of amides is 1. The fourth-order valence-corrected chi connectivity index (χ4v) is 6.62. The third-order valence-corrected chi connectivity index (χ3v) is 8.76. The minimum Gasteiger partial charge on any atom is -0.352 e. The van der Waals surface area contributed by atoms with Crippen LogP contribution in [0.25, 0.3) is 16.7 Å². The molecule has 8 nitrogen and oxygen atoms in total. The summed E-state index contributed by atoms with van der Waals surface area (Å²) in [5.74, 6) is 1.20. The van der Waals surface area contributed by atoms with E-state index >= 15 is 0 Å². The molecule has 5 rings (SSSR count). The number of carbonyl (C=O) groups excluding carboxylic acids is 1. The Labute approximate surface area is 241 Å². The van der Waals surface area contributed by atoms with Gasteiger partial charge in [0.15, 0.2) is 5.65 Å². The number of hydrogen-bond donors (Lipinski definition) is 0. The molecule has 40 heavy (non-hydrogen) atoms. The lowest BCUT2D eigenvalue weighted by Gasteiger charge is -2.40. The first-order valence-corrected chi connectivity index (χ1v) is 14.9. The minimum absolute atomic E-state index is 0.0563. The van der Waals surface area contributed by atoms with Crippen molar-refractivity contribution in [2.45, 2.75) is 71.9 Å². The quantitative estimate of drug-likeness (QED) is 0.370. The topological polar surface area (TPSA) is 74.6 Å². The summed E-state index contributed by atoms with van der Waals surface area (Å²) in [6.45, 7) is 14.5. The monoisotopic (exact) mass is 562 g/mol. The zero-order valence-corrected chi connectivity index (χ0v) is 24.7. The van der Waals surface area contributed by atoms with Gasteiger partial charge in [0.2, 0.25) is 5.91 Å². The highest BCUT2D eigenvalue weighted by atomic mass is 35.5. The van der Waals surface area contributed by atoms with Gasteiger partial charge in [-0.25, -0.2) is 14.3 Å². The molecule has 2 aromatic heterocycles. The molecule has 2 aliphatic rings. The number of aryl methyl sites for hydroxylation is 2. The van der Waals surface area contributed by atoms with Crippen molar-refractivity contribution in [3.8, 4) is 5.69 Å². The van der Waals surface area contributed by atoms with Crippen LogP contribution in [0.5, 0.6) is 0 Å². The molecule has 1 amide bonds. The second-order valence-corrected chi connectivity index (χ2v) is 11.2. The Morgan fingerprint density at radius 2 is 1.80 bits per heavy atom. The standard InChI is InChI=1S/C31H39ClN6O2/c1-6-21-12-10-13-22(7-2)27(21)38-29-24(18-25(32)30(33-29)37-15-11-14-23(37)8-3)28(34-31(38)40)36-17-16-35(19-20(36)5)26(39)9-4/h9-10,12-13,18,20,23H,4,6-8,11,14-17,19H2,1-3,5H3/t20-,23-/m0/s1. The molecule has 2 saturated heterocycles. The van der Waals surface area contributed by atoms with E-state index in [1.807, 2.05) is 19.1 Å². The van der Waals surface area contributed by atoms with Crippen molar-refractivity contribution >= 4 is 40.2 Å². The van der Waals surface area contributed by atoms with Gasteiger partial charge in [0.05, 0.1) is 16.1 Å². The van der Waals surface area contributed by atoms with Crippen LogP contribution in [-0.2, 0) is 17.6 Å². The van der Waals surface area contributed by atoms with Crippen LogP contribution in [0.1, 0.15) is 58.1 Å². The number of piperazine rings is 1. The van der Waals surface area contributed by atoms with Crippen molar-refractivity contribution in [3.05, 3.63) is 63.6 Å². The summed E-state index contributed by atoms with van der Waals surface area (Å²) in [7, 11) is 0. The van der Waals surface area contributed by atoms with Crippen LogP contribution in [-0.4, -0.2) is 63.6 Å². The molecule has 0 spiro atoms. The van der Waals surface area contributed by atoms with Crippen LogP contribution >= 0.6 is 11.6 Å². The van der Waals surface area contributed by atoms with Gasteiger partial charge in [0, 0.05) is 38.3 Å². The molecule has 212 valence electrons. The second kappa shape index (κ2) is 11.6. The van der Waals surface area contributed by atoms with Crippen molar-refractivity contribution < 1.29 is 4.79 Å². The lowest BCUT2D eigenvalue weighted by molar-refractivity contribution is -0.126. The summed E-state index contributed by atoms with van der Waals surface area (Å²) in [6, 6.07) is 8.45. The molecule has 0 N–H and O–H groups in total. The molecular weight excluding hydrogens is 524 g/mol. The van der Waals surface area contributed by atoms with E-state index in [0.29, 0.717) is 42.2 Å². The Balaban J connectivity index is 1.76. The van der Waals surface area contributed by atoms with E-state index in [-0.39, 0.29) is 17.6 Å². The molecule has 0 unspecified atom stereocenters. The van der Waals surface area contributed by atoms with E-state index in [1.54, 1.807) is 9.47 Å². The lowest BCUT2D eigenvalue weighted by Crippen LogP contribution is -2.54. The highest BCUT2D eigenvalue weighted by Crippen LogP contribution is 2.37. The predicted octanol–water partition coefficient (Wildman–Crippen LogP) is 5.16. The van der Waals surface area contributed by atoms with Gasteiger partial charge in [-0.2, -0.15) is 4.98 Å². The molecule has 3 aromatic rings. The van der Waals surface area contributed by atoms with Crippen LogP contribution in [0.15, 0.2) is 41.7 Å². The van der Waals surface area contributed by atoms with E-state index in [4.69, 9.17) is 16.6 Å². The first-order valence-electron chi connectivity index (χ1n) is 14.5. The molecular formula is C31H39ClN6O2. The number of rotatable bonds is 7. The van der Waals surface area contributed by atoms with E-state index in [9.17, 15) is 9.59 Å². The number of anilines is 2. The summed E-state index contributed by atoms with van der Waals surface area (Å²) in [5, 5.41) is 1.30. The highest BCUT2D eigenvalue weighted by molar-refractivity contribution is 6.33. The summed E-state index contributed by atoms with van der Waals surface area (Å²) >= 11 is 6.99. The van der Waals surface area contributed by atoms with Crippen molar-refractivity contribution in [1.82, 2.24) is 19.4 Å². The van der Waals surface area contributed by atoms with Crippen LogP contribution in [0.4, 0.5) is 11.6 Å². The maximum absolute atomic E-state index is 14.1. The number of aromatic nitrogens is 3. The van der Waals surface area contributed by atoms with Crippen LogP contribution in [0.3, 0.4) is 0 Å². The zero-order chi connectivity index (χ0) is 28.6. The third-order valence-electron chi connectivity index (χ3n) is 8.48. The Hall–Kier alpha value is -3.39. The molecule has 9 heteroatoms. The predicted molar refractivity (Wildman–Crippen MR) is 163 cm³/mol. The first-order chi connectivity index (χ1) is 19.3. The maximum atomic E-state index is 14.1. The van der Waals surface area contributed by atoms with Crippen molar-refractivity contribution in [2.24, 2.45) is 0 Å². The molecule has 0 saturated carbocycles. The van der Waals surface area contributed by atoms with E-state index < -0.39 is 0 Å². The summed E-state index contributed by atoms with van der Waals surface area (Å²) in [4.78, 5) is 42.4. The van der Waals surface area contributed by atoms with Crippen molar-refractivity contribution in [1.29, 1.82) is 0 Å². The van der Waals surface area contributed by atoms with Gasteiger partial charge in [-0.15, -0.1) is 0 Å². The number of carbonyl (C=O) groups is 1. The third kappa shape index (κ3) is 4.87. The van der Waals surface area contributed by atoms with Crippen molar-refractivity contribution in [3.63, 3.8) is 0 Å². The number of pyridine rings is 1. The summed E-state index contributed by atoms with van der Waals surface area (Å²) < 4.78 is 1.70. The van der Waals surface area contributed by atoms with Crippen LogP contribution in [0.2, 0.25) is 5.02 Å². The minimum atomic E-state index is -0.357. The average molecular weight is 563 g/mol. The maximum Gasteiger partial charge on any atom is 0.355 e. The van der Waals surface area contributed by atoms with E-state index in [1.165, 1.54) is 6.08 Å². The van der Waals surface area contributed by atoms with Gasteiger partial charge in [0.25, 0.3) is 0 Å². The smallest absolute Gasteiger partial charge is 0.352 e. The molecule has 2 aliphatic heterocycles. The number of nitrogens with zero attached hydrogens (tertiary/aromatic N) is 6. The average Bonchev–Trinajstić information content (AvgIpc) is 3.44. The Morgan fingerprint density at radius 3 is 2.42 bits per heavy atom.